The average molecular weight is 366 g/mol. The summed E-state index contributed by atoms with van der Waals surface area (Å²) in [4.78, 5) is 4.50. The monoisotopic (exact) mass is 366 g/mol. The molecule has 6 nitrogen and oxygen atoms in total. The molecule has 0 amide bonds. The van der Waals surface area contributed by atoms with Crippen molar-refractivity contribution in [2.75, 3.05) is 25.4 Å². The van der Waals surface area contributed by atoms with Crippen molar-refractivity contribution in [3.63, 3.8) is 0 Å². The van der Waals surface area contributed by atoms with Crippen LogP contribution in [0.1, 0.15) is 42.7 Å². The largest absolute Gasteiger partial charge is 0.507 e. The summed E-state index contributed by atoms with van der Waals surface area (Å²) in [6.07, 6.45) is 5.82. The number of nitrogens with two attached hydrogens (primary N) is 1. The van der Waals surface area contributed by atoms with Crippen molar-refractivity contribution in [3.05, 3.63) is 35.4 Å². The first-order valence-corrected chi connectivity index (χ1v) is 9.64. The summed E-state index contributed by atoms with van der Waals surface area (Å²) in [5.74, 6) is 1.97. The predicted molar refractivity (Wildman–Crippen MR) is 107 cm³/mol. The van der Waals surface area contributed by atoms with E-state index in [1.165, 1.54) is 19.1 Å². The number of phenolic OH excluding ortho intramolecular Hbond substituents is 1. The van der Waals surface area contributed by atoms with Crippen LogP contribution in [-0.2, 0) is 0 Å². The second-order valence-electron chi connectivity index (χ2n) is 7.49. The number of hydrogen-bond acceptors (Lipinski definition) is 6. The third-order valence-corrected chi connectivity index (χ3v) is 5.43. The first kappa shape index (κ1) is 17.8. The summed E-state index contributed by atoms with van der Waals surface area (Å²) >= 11 is 0. The van der Waals surface area contributed by atoms with E-state index in [-0.39, 0.29) is 11.7 Å². The van der Waals surface area contributed by atoms with Crippen molar-refractivity contribution in [1.82, 2.24) is 10.3 Å². The Bertz CT molecular complexity index is 842. The van der Waals surface area contributed by atoms with Gasteiger partial charge in [-0.05, 0) is 67.8 Å². The van der Waals surface area contributed by atoms with E-state index in [4.69, 9.17) is 15.9 Å². The number of ether oxygens (including phenoxy) is 1. The van der Waals surface area contributed by atoms with E-state index < -0.39 is 0 Å². The van der Waals surface area contributed by atoms with Crippen LogP contribution in [0.15, 0.2) is 24.3 Å². The Balaban J connectivity index is 1.77. The molecule has 142 valence electrons. The van der Waals surface area contributed by atoms with Gasteiger partial charge >= 0.3 is 0 Å². The van der Waals surface area contributed by atoms with Crippen LogP contribution in [0.5, 0.6) is 11.5 Å². The number of benzene rings is 1. The number of nitrogens with one attached hydrogen (secondary N) is 2. The number of rotatable bonds is 6. The summed E-state index contributed by atoms with van der Waals surface area (Å²) < 4.78 is 5.98. The highest BCUT2D eigenvalue weighted by Crippen LogP contribution is 2.40. The zero-order valence-electron chi connectivity index (χ0n) is 15.4. The smallest absolute Gasteiger partial charge is 0.133 e. The summed E-state index contributed by atoms with van der Waals surface area (Å²) in [7, 11) is 0. The molecule has 4 rings (SSSR count). The van der Waals surface area contributed by atoms with Gasteiger partial charge in [-0.1, -0.05) is 6.07 Å². The van der Waals surface area contributed by atoms with E-state index in [1.54, 1.807) is 12.1 Å². The van der Waals surface area contributed by atoms with Gasteiger partial charge in [0.05, 0.1) is 17.9 Å². The minimum absolute atomic E-state index is 0.130. The predicted octanol–water partition coefficient (Wildman–Crippen LogP) is 3.29. The van der Waals surface area contributed by atoms with Crippen molar-refractivity contribution in [2.45, 2.75) is 31.6 Å². The Kier molecular flexibility index (Phi) is 4.99. The van der Waals surface area contributed by atoms with Crippen molar-refractivity contribution < 1.29 is 9.84 Å². The van der Waals surface area contributed by atoms with Crippen LogP contribution in [0.4, 0.5) is 5.82 Å². The van der Waals surface area contributed by atoms with Gasteiger partial charge in [0.25, 0.3) is 0 Å². The number of aromatic nitrogens is 1. The highest BCUT2D eigenvalue weighted by Gasteiger charge is 2.25. The van der Waals surface area contributed by atoms with Crippen LogP contribution in [-0.4, -0.2) is 36.0 Å². The number of hydrogen-bond donors (Lipinski definition) is 4. The second-order valence-corrected chi connectivity index (χ2v) is 7.49. The molecule has 1 aromatic carbocycles. The molecule has 1 saturated heterocycles. The number of anilines is 1. The van der Waals surface area contributed by atoms with Gasteiger partial charge in [-0.2, -0.15) is 0 Å². The number of pyridine rings is 1. The molecule has 2 fully saturated rings. The molecule has 2 aliphatic rings. The van der Waals surface area contributed by atoms with Crippen LogP contribution in [0.25, 0.3) is 11.3 Å². The average Bonchev–Trinajstić information content (AvgIpc) is 3.51. The lowest BCUT2D eigenvalue weighted by atomic mass is 9.88. The molecule has 27 heavy (non-hydrogen) atoms. The van der Waals surface area contributed by atoms with Crippen molar-refractivity contribution in [2.24, 2.45) is 5.92 Å². The zero-order chi connectivity index (χ0) is 18.8. The topological polar surface area (TPSA) is 104 Å². The molecule has 1 aromatic heterocycles. The van der Waals surface area contributed by atoms with Crippen LogP contribution >= 0.6 is 0 Å². The summed E-state index contributed by atoms with van der Waals surface area (Å²) in [6.45, 7) is 2.53. The van der Waals surface area contributed by atoms with Crippen LogP contribution < -0.4 is 15.8 Å². The molecule has 1 aliphatic carbocycles. The fourth-order valence-electron chi connectivity index (χ4n) is 3.73. The molecule has 0 bridgehead atoms. The highest BCUT2D eigenvalue weighted by molar-refractivity contribution is 5.88. The van der Waals surface area contributed by atoms with Crippen LogP contribution in [0.2, 0.25) is 0 Å². The Hall–Kier alpha value is -2.60. The van der Waals surface area contributed by atoms with E-state index in [0.717, 1.165) is 31.5 Å². The fraction of sp³-hybridized carbons (Fsp3) is 0.429. The third-order valence-electron chi connectivity index (χ3n) is 5.43. The van der Waals surface area contributed by atoms with Gasteiger partial charge in [0.15, 0.2) is 0 Å². The Morgan fingerprint density at radius 2 is 2.19 bits per heavy atom. The highest BCUT2D eigenvalue weighted by atomic mass is 16.5. The van der Waals surface area contributed by atoms with Gasteiger partial charge in [0.1, 0.15) is 17.3 Å². The molecule has 1 atom stereocenters. The van der Waals surface area contributed by atoms with Crippen molar-refractivity contribution >= 4 is 12.0 Å². The summed E-state index contributed by atoms with van der Waals surface area (Å²) in [5, 5.41) is 21.7. The second kappa shape index (κ2) is 7.56. The maximum atomic E-state index is 10.5. The Morgan fingerprint density at radius 1 is 1.33 bits per heavy atom. The molecule has 6 heteroatoms. The lowest BCUT2D eigenvalue weighted by molar-refractivity contribution is 0.299. The number of nitrogen functional groups attached to an aromatic ring is 1. The SMILES string of the molecule is N=Cc1c(C2CCCNC2)cc(-c2c(O)cccc2OCC2CC2)nc1N. The summed E-state index contributed by atoms with van der Waals surface area (Å²) in [6, 6.07) is 7.25. The van der Waals surface area contributed by atoms with Crippen molar-refractivity contribution in [1.29, 1.82) is 5.41 Å². The molecule has 0 radical (unpaired) electrons. The minimum atomic E-state index is 0.130. The van der Waals surface area contributed by atoms with Gasteiger partial charge in [0, 0.05) is 18.3 Å². The van der Waals surface area contributed by atoms with Gasteiger partial charge in [-0.3, -0.25) is 0 Å². The molecule has 1 aliphatic heterocycles. The Labute approximate surface area is 159 Å². The van der Waals surface area contributed by atoms with Gasteiger partial charge in [-0.25, -0.2) is 4.98 Å². The molecule has 0 spiro atoms. The zero-order valence-corrected chi connectivity index (χ0v) is 15.4. The lowest BCUT2D eigenvalue weighted by Crippen LogP contribution is -2.29. The van der Waals surface area contributed by atoms with Gasteiger partial charge in [-0.15, -0.1) is 0 Å². The lowest BCUT2D eigenvalue weighted by Gasteiger charge is -2.25. The number of piperidine rings is 1. The van der Waals surface area contributed by atoms with Crippen LogP contribution in [0.3, 0.4) is 0 Å². The van der Waals surface area contributed by atoms with E-state index in [2.05, 4.69) is 10.3 Å². The van der Waals surface area contributed by atoms with Gasteiger partial charge < -0.3 is 26.3 Å². The first-order chi connectivity index (χ1) is 13.2. The molecule has 2 heterocycles. The van der Waals surface area contributed by atoms with Crippen LogP contribution in [0, 0.1) is 11.3 Å². The third kappa shape index (κ3) is 3.76. The minimum Gasteiger partial charge on any atom is -0.507 e. The molecular weight excluding hydrogens is 340 g/mol. The molecule has 1 saturated carbocycles. The standard InChI is InChI=1S/C21H26N4O2/c22-10-16-15(14-3-2-8-24-11-14)9-17(25-21(16)23)20-18(26)4-1-5-19(20)27-12-13-6-7-13/h1,4-5,9-10,13-14,22,24,26H,2-3,6-8,11-12H2,(H2,23,25). The number of aromatic hydroxyl groups is 1. The normalized spacial score (nSPS) is 19.6. The maximum absolute atomic E-state index is 10.5. The Morgan fingerprint density at radius 3 is 2.89 bits per heavy atom. The van der Waals surface area contributed by atoms with E-state index in [9.17, 15) is 5.11 Å². The molecule has 2 aromatic rings. The van der Waals surface area contributed by atoms with E-state index in [1.807, 2.05) is 12.1 Å². The number of phenols is 1. The number of nitrogens with zero attached hydrogens (tertiary/aromatic N) is 1. The molecule has 5 N–H and O–H groups in total. The van der Waals surface area contributed by atoms with Crippen molar-refractivity contribution in [3.8, 4) is 22.8 Å². The van der Waals surface area contributed by atoms with E-state index in [0.29, 0.717) is 40.9 Å². The first-order valence-electron chi connectivity index (χ1n) is 9.64. The van der Waals surface area contributed by atoms with Gasteiger partial charge in [0.2, 0.25) is 0 Å². The van der Waals surface area contributed by atoms with E-state index >= 15 is 0 Å². The molecular formula is C21H26N4O2. The summed E-state index contributed by atoms with van der Waals surface area (Å²) in [5.41, 5.74) is 9.06. The maximum Gasteiger partial charge on any atom is 0.133 e. The quantitative estimate of drug-likeness (QED) is 0.587. The fourth-order valence-corrected chi connectivity index (χ4v) is 3.73. The molecule has 1 unspecified atom stereocenters.